The molecule has 0 aliphatic rings. The summed E-state index contributed by atoms with van der Waals surface area (Å²) in [4.78, 5) is 27.4. The highest BCUT2D eigenvalue weighted by molar-refractivity contribution is 6.32. The molecule has 0 N–H and O–H groups in total. The summed E-state index contributed by atoms with van der Waals surface area (Å²) in [5.41, 5.74) is -0.504. The predicted molar refractivity (Wildman–Crippen MR) is 72.3 cm³/mol. The van der Waals surface area contributed by atoms with Gasteiger partial charge in [-0.2, -0.15) is 0 Å². The minimum atomic E-state index is -0.694. The zero-order chi connectivity index (χ0) is 14.4. The van der Waals surface area contributed by atoms with Crippen molar-refractivity contribution < 1.29 is 9.72 Å². The zero-order valence-electron chi connectivity index (χ0n) is 10.5. The highest BCUT2D eigenvalue weighted by Gasteiger charge is 2.26. The van der Waals surface area contributed by atoms with Gasteiger partial charge in [-0.05, 0) is 18.9 Å². The van der Waals surface area contributed by atoms with Gasteiger partial charge >= 0.3 is 5.69 Å². The summed E-state index contributed by atoms with van der Waals surface area (Å²) in [5, 5.41) is 10.6. The Kier molecular flexibility index (Phi) is 5.44. The highest BCUT2D eigenvalue weighted by atomic mass is 35.5. The first kappa shape index (κ1) is 15.1. The molecule has 102 valence electrons. The van der Waals surface area contributed by atoms with Crippen LogP contribution in [-0.2, 0) is 0 Å². The molecule has 0 spiro atoms. The maximum Gasteiger partial charge on any atom is 0.319 e. The van der Waals surface area contributed by atoms with Crippen molar-refractivity contribution in [3.8, 4) is 0 Å². The van der Waals surface area contributed by atoms with E-state index >= 15 is 0 Å². The largest absolute Gasteiger partial charge is 0.341 e. The van der Waals surface area contributed by atoms with Crippen molar-refractivity contribution in [2.75, 3.05) is 13.6 Å². The molecule has 7 heteroatoms. The summed E-state index contributed by atoms with van der Waals surface area (Å²) in [6.45, 7) is 4.08. The molecule has 0 bridgehead atoms. The molecular formula is C12H14ClN3O3. The van der Waals surface area contributed by atoms with Gasteiger partial charge in [0.1, 0.15) is 5.56 Å². The van der Waals surface area contributed by atoms with Gasteiger partial charge in [0.25, 0.3) is 5.91 Å². The number of carbonyl (C=O) groups is 1. The number of allylic oxidation sites excluding steroid dienone is 1. The molecule has 1 aromatic heterocycles. The average Bonchev–Trinajstić information content (AvgIpc) is 2.37. The van der Waals surface area contributed by atoms with Crippen molar-refractivity contribution in [3.63, 3.8) is 0 Å². The number of hydrogen-bond donors (Lipinski definition) is 0. The molecule has 6 nitrogen and oxygen atoms in total. The molecule has 0 saturated carbocycles. The fourth-order valence-electron chi connectivity index (χ4n) is 1.55. The fourth-order valence-corrected chi connectivity index (χ4v) is 1.78. The van der Waals surface area contributed by atoms with Gasteiger partial charge in [-0.1, -0.05) is 17.7 Å². The Hall–Kier alpha value is -1.95. The third-order valence-corrected chi connectivity index (χ3v) is 2.82. The topological polar surface area (TPSA) is 76.3 Å². The van der Waals surface area contributed by atoms with Gasteiger partial charge in [0.05, 0.1) is 4.92 Å². The summed E-state index contributed by atoms with van der Waals surface area (Å²) < 4.78 is 0. The van der Waals surface area contributed by atoms with Crippen LogP contribution in [-0.4, -0.2) is 34.3 Å². The number of amides is 1. The van der Waals surface area contributed by atoms with Gasteiger partial charge in [-0.25, -0.2) is 4.98 Å². The second kappa shape index (κ2) is 6.84. The highest BCUT2D eigenvalue weighted by Crippen LogP contribution is 2.26. The number of hydrogen-bond acceptors (Lipinski definition) is 4. The molecule has 0 unspecified atom stereocenters. The molecule has 0 aromatic carbocycles. The quantitative estimate of drug-likeness (QED) is 0.264. The van der Waals surface area contributed by atoms with Gasteiger partial charge in [-0.15, -0.1) is 6.58 Å². The maximum atomic E-state index is 12.1. The second-order valence-corrected chi connectivity index (χ2v) is 4.27. The van der Waals surface area contributed by atoms with Crippen LogP contribution >= 0.6 is 11.6 Å². The standard InChI is InChI=1S/C12H14ClN3O3/c1-3-4-5-8-15(2)12(17)9-6-7-14-11(13)10(9)16(18)19/h3,6-7H,1,4-5,8H2,2H3. The summed E-state index contributed by atoms with van der Waals surface area (Å²) >= 11 is 5.66. The smallest absolute Gasteiger partial charge is 0.319 e. The van der Waals surface area contributed by atoms with Crippen molar-refractivity contribution in [2.45, 2.75) is 12.8 Å². The summed E-state index contributed by atoms with van der Waals surface area (Å²) in [6.07, 6.45) is 4.55. The van der Waals surface area contributed by atoms with E-state index in [-0.39, 0.29) is 10.7 Å². The van der Waals surface area contributed by atoms with Gasteiger partial charge in [0, 0.05) is 19.8 Å². The predicted octanol–water partition coefficient (Wildman–Crippen LogP) is 2.68. The van der Waals surface area contributed by atoms with E-state index < -0.39 is 16.5 Å². The molecule has 0 radical (unpaired) electrons. The van der Waals surface area contributed by atoms with E-state index in [1.54, 1.807) is 13.1 Å². The van der Waals surface area contributed by atoms with Crippen LogP contribution in [0.1, 0.15) is 23.2 Å². The van der Waals surface area contributed by atoms with E-state index in [4.69, 9.17) is 11.6 Å². The number of pyridine rings is 1. The molecule has 1 rings (SSSR count). The van der Waals surface area contributed by atoms with E-state index in [0.717, 1.165) is 12.8 Å². The van der Waals surface area contributed by atoms with Crippen LogP contribution < -0.4 is 0 Å². The van der Waals surface area contributed by atoms with Crippen molar-refractivity contribution in [1.29, 1.82) is 0 Å². The van der Waals surface area contributed by atoms with Crippen LogP contribution in [0.2, 0.25) is 5.15 Å². The van der Waals surface area contributed by atoms with Gasteiger partial charge < -0.3 is 4.90 Å². The lowest BCUT2D eigenvalue weighted by Gasteiger charge is -2.16. The maximum absolute atomic E-state index is 12.1. The fraction of sp³-hybridized carbons (Fsp3) is 0.333. The number of halogens is 1. The molecule has 1 heterocycles. The van der Waals surface area contributed by atoms with E-state index in [1.807, 2.05) is 0 Å². The Bertz CT molecular complexity index is 505. The molecule has 0 fully saturated rings. The van der Waals surface area contributed by atoms with E-state index in [1.165, 1.54) is 17.2 Å². The van der Waals surface area contributed by atoms with Crippen LogP contribution in [0, 0.1) is 10.1 Å². The lowest BCUT2D eigenvalue weighted by atomic mass is 10.2. The molecule has 0 saturated heterocycles. The lowest BCUT2D eigenvalue weighted by Crippen LogP contribution is -2.28. The van der Waals surface area contributed by atoms with Crippen LogP contribution in [0.3, 0.4) is 0 Å². The number of carbonyl (C=O) groups excluding carboxylic acids is 1. The van der Waals surface area contributed by atoms with Crippen LogP contribution in [0.25, 0.3) is 0 Å². The van der Waals surface area contributed by atoms with Crippen molar-refractivity contribution in [1.82, 2.24) is 9.88 Å². The molecular weight excluding hydrogens is 270 g/mol. The first-order valence-electron chi connectivity index (χ1n) is 5.64. The summed E-state index contributed by atoms with van der Waals surface area (Å²) in [7, 11) is 1.59. The summed E-state index contributed by atoms with van der Waals surface area (Å²) in [6, 6.07) is 1.30. The Morgan fingerprint density at radius 2 is 2.37 bits per heavy atom. The van der Waals surface area contributed by atoms with E-state index in [9.17, 15) is 14.9 Å². The van der Waals surface area contributed by atoms with Crippen molar-refractivity contribution in [2.24, 2.45) is 0 Å². The Morgan fingerprint density at radius 3 is 2.95 bits per heavy atom. The number of nitro groups is 1. The minimum Gasteiger partial charge on any atom is -0.341 e. The number of nitrogens with zero attached hydrogens (tertiary/aromatic N) is 3. The molecule has 19 heavy (non-hydrogen) atoms. The van der Waals surface area contributed by atoms with Gasteiger partial charge in [-0.3, -0.25) is 14.9 Å². The van der Waals surface area contributed by atoms with Gasteiger partial charge in [0.2, 0.25) is 5.15 Å². The molecule has 0 atom stereocenters. The molecule has 1 aromatic rings. The first-order chi connectivity index (χ1) is 8.99. The zero-order valence-corrected chi connectivity index (χ0v) is 11.3. The number of aromatic nitrogens is 1. The molecule has 0 aliphatic heterocycles. The van der Waals surface area contributed by atoms with Crippen LogP contribution in [0.4, 0.5) is 5.69 Å². The SMILES string of the molecule is C=CCCCN(C)C(=O)c1ccnc(Cl)c1[N+](=O)[O-]. The third-order valence-electron chi connectivity index (χ3n) is 2.54. The monoisotopic (exact) mass is 283 g/mol. The average molecular weight is 284 g/mol. The Morgan fingerprint density at radius 1 is 1.68 bits per heavy atom. The minimum absolute atomic E-state index is 0.0499. The Labute approximate surface area is 115 Å². The molecule has 1 amide bonds. The van der Waals surface area contributed by atoms with E-state index in [0.29, 0.717) is 6.54 Å². The first-order valence-corrected chi connectivity index (χ1v) is 6.02. The van der Waals surface area contributed by atoms with Crippen LogP contribution in [0.15, 0.2) is 24.9 Å². The second-order valence-electron chi connectivity index (χ2n) is 3.91. The van der Waals surface area contributed by atoms with E-state index in [2.05, 4.69) is 11.6 Å². The third kappa shape index (κ3) is 3.75. The Balaban J connectivity index is 2.96. The molecule has 0 aliphatic carbocycles. The lowest BCUT2D eigenvalue weighted by molar-refractivity contribution is -0.385. The van der Waals surface area contributed by atoms with Crippen molar-refractivity contribution >= 4 is 23.2 Å². The van der Waals surface area contributed by atoms with Crippen LogP contribution in [0.5, 0.6) is 0 Å². The number of rotatable bonds is 6. The summed E-state index contributed by atoms with van der Waals surface area (Å²) in [5.74, 6) is -0.444. The van der Waals surface area contributed by atoms with Crippen molar-refractivity contribution in [3.05, 3.63) is 45.7 Å². The number of unbranched alkanes of at least 4 members (excludes halogenated alkanes) is 1. The normalized spacial score (nSPS) is 10.0. The van der Waals surface area contributed by atoms with Gasteiger partial charge in [0.15, 0.2) is 0 Å².